The first kappa shape index (κ1) is 16.4. The van der Waals surface area contributed by atoms with Gasteiger partial charge in [-0.05, 0) is 37.3 Å². The Morgan fingerprint density at radius 1 is 1.43 bits per heavy atom. The summed E-state index contributed by atoms with van der Waals surface area (Å²) in [7, 11) is -3.50. The molecule has 0 radical (unpaired) electrons. The standard InChI is InChI=1S/C15H20N2O2S2/c1-20-15-9-3-8-14(15)17-21(18,19)13-7-2-5-12(11-13)6-4-10-16/h2,5,7,11,14-15,17H,3,8-10,16H2,1H3. The minimum Gasteiger partial charge on any atom is -0.320 e. The summed E-state index contributed by atoms with van der Waals surface area (Å²) in [6.45, 7) is 0.257. The molecule has 0 heterocycles. The van der Waals surface area contributed by atoms with Crippen LogP contribution < -0.4 is 10.5 Å². The van der Waals surface area contributed by atoms with Gasteiger partial charge in [-0.25, -0.2) is 13.1 Å². The van der Waals surface area contributed by atoms with E-state index >= 15 is 0 Å². The van der Waals surface area contributed by atoms with Crippen LogP contribution in [0.4, 0.5) is 0 Å². The SMILES string of the molecule is CSC1CCCC1NS(=O)(=O)c1cccc(C#CCN)c1. The molecule has 1 aromatic rings. The molecular formula is C15H20N2O2S2. The number of thioether (sulfide) groups is 1. The van der Waals surface area contributed by atoms with Crippen molar-refractivity contribution in [3.63, 3.8) is 0 Å². The quantitative estimate of drug-likeness (QED) is 0.825. The van der Waals surface area contributed by atoms with E-state index in [9.17, 15) is 8.42 Å². The molecule has 1 saturated carbocycles. The predicted octanol–water partition coefficient (Wildman–Crippen LogP) is 1.56. The van der Waals surface area contributed by atoms with Crippen LogP contribution in [0.15, 0.2) is 29.2 Å². The van der Waals surface area contributed by atoms with Crippen molar-refractivity contribution < 1.29 is 8.42 Å². The fourth-order valence-corrected chi connectivity index (χ4v) is 4.88. The molecule has 1 aliphatic carbocycles. The lowest BCUT2D eigenvalue weighted by atomic mass is 10.2. The molecule has 3 N–H and O–H groups in total. The van der Waals surface area contributed by atoms with Crippen LogP contribution in [0, 0.1) is 11.8 Å². The minimum absolute atomic E-state index is 0.0174. The first-order valence-corrected chi connectivity index (χ1v) is 9.68. The summed E-state index contributed by atoms with van der Waals surface area (Å²) in [6, 6.07) is 6.69. The van der Waals surface area contributed by atoms with Crippen LogP contribution in [0.2, 0.25) is 0 Å². The zero-order valence-electron chi connectivity index (χ0n) is 12.0. The van der Waals surface area contributed by atoms with E-state index < -0.39 is 10.0 Å². The molecule has 0 aromatic heterocycles. The lowest BCUT2D eigenvalue weighted by Gasteiger charge is -2.19. The topological polar surface area (TPSA) is 72.2 Å². The Morgan fingerprint density at radius 3 is 2.95 bits per heavy atom. The van der Waals surface area contributed by atoms with Gasteiger partial charge in [-0.2, -0.15) is 11.8 Å². The van der Waals surface area contributed by atoms with E-state index in [-0.39, 0.29) is 17.5 Å². The molecule has 0 aliphatic heterocycles. The van der Waals surface area contributed by atoms with Crippen LogP contribution in [0.1, 0.15) is 24.8 Å². The summed E-state index contributed by atoms with van der Waals surface area (Å²) in [5.74, 6) is 5.59. The summed E-state index contributed by atoms with van der Waals surface area (Å²) in [5, 5.41) is 0.361. The van der Waals surface area contributed by atoms with Gasteiger partial charge in [0.25, 0.3) is 0 Å². The van der Waals surface area contributed by atoms with E-state index in [2.05, 4.69) is 16.6 Å². The lowest BCUT2D eigenvalue weighted by Crippen LogP contribution is -2.38. The fraction of sp³-hybridized carbons (Fsp3) is 0.467. The Bertz CT molecular complexity index is 647. The third-order valence-electron chi connectivity index (χ3n) is 3.54. The van der Waals surface area contributed by atoms with Crippen LogP contribution in [0.3, 0.4) is 0 Å². The third kappa shape index (κ3) is 4.24. The number of rotatable bonds is 4. The number of sulfonamides is 1. The molecule has 6 heteroatoms. The van der Waals surface area contributed by atoms with Crippen molar-refractivity contribution in [2.45, 2.75) is 35.4 Å². The van der Waals surface area contributed by atoms with Gasteiger partial charge in [0.1, 0.15) is 0 Å². The molecule has 1 aliphatic rings. The van der Waals surface area contributed by atoms with Gasteiger partial charge in [0, 0.05) is 16.9 Å². The highest BCUT2D eigenvalue weighted by atomic mass is 32.2. The summed E-state index contributed by atoms with van der Waals surface area (Å²) < 4.78 is 27.8. The van der Waals surface area contributed by atoms with Crippen LogP contribution in [-0.4, -0.2) is 32.5 Å². The van der Waals surface area contributed by atoms with E-state index in [1.807, 2.05) is 6.26 Å². The average Bonchev–Trinajstić information content (AvgIpc) is 2.92. The van der Waals surface area contributed by atoms with Crippen molar-refractivity contribution in [3.05, 3.63) is 29.8 Å². The maximum absolute atomic E-state index is 12.5. The molecule has 21 heavy (non-hydrogen) atoms. The number of nitrogens with one attached hydrogen (secondary N) is 1. The zero-order valence-corrected chi connectivity index (χ0v) is 13.6. The van der Waals surface area contributed by atoms with Gasteiger partial charge in [-0.3, -0.25) is 0 Å². The number of hydrogen-bond donors (Lipinski definition) is 2. The van der Waals surface area contributed by atoms with Crippen molar-refractivity contribution in [3.8, 4) is 11.8 Å². The minimum atomic E-state index is -3.50. The molecule has 1 fully saturated rings. The average molecular weight is 324 g/mol. The molecule has 1 aromatic carbocycles. The Morgan fingerprint density at radius 2 is 2.24 bits per heavy atom. The lowest BCUT2D eigenvalue weighted by molar-refractivity contribution is 0.555. The van der Waals surface area contributed by atoms with Gasteiger partial charge >= 0.3 is 0 Å². The van der Waals surface area contributed by atoms with E-state index in [0.717, 1.165) is 19.3 Å². The Hall–Kier alpha value is -1.00. The van der Waals surface area contributed by atoms with Crippen molar-refractivity contribution in [1.82, 2.24) is 4.72 Å². The Labute approximate surface area is 130 Å². The van der Waals surface area contributed by atoms with Crippen molar-refractivity contribution in [1.29, 1.82) is 0 Å². The smallest absolute Gasteiger partial charge is 0.240 e. The molecule has 2 rings (SSSR count). The summed E-state index contributed by atoms with van der Waals surface area (Å²) in [5.41, 5.74) is 6.00. The number of benzene rings is 1. The van der Waals surface area contributed by atoms with E-state index in [1.54, 1.807) is 36.0 Å². The fourth-order valence-electron chi connectivity index (χ4n) is 2.50. The molecule has 0 saturated heterocycles. The number of hydrogen-bond acceptors (Lipinski definition) is 4. The molecule has 2 unspecified atom stereocenters. The molecule has 0 bridgehead atoms. The molecule has 0 spiro atoms. The largest absolute Gasteiger partial charge is 0.320 e. The van der Waals surface area contributed by atoms with Gasteiger partial charge in [-0.1, -0.05) is 24.3 Å². The maximum Gasteiger partial charge on any atom is 0.240 e. The van der Waals surface area contributed by atoms with Gasteiger partial charge in [0.15, 0.2) is 0 Å². The second-order valence-corrected chi connectivity index (χ2v) is 7.76. The van der Waals surface area contributed by atoms with E-state index in [0.29, 0.717) is 10.8 Å². The van der Waals surface area contributed by atoms with Gasteiger partial charge in [0.05, 0.1) is 11.4 Å². The Kier molecular flexibility index (Phi) is 5.71. The molecule has 114 valence electrons. The summed E-state index contributed by atoms with van der Waals surface area (Å²) in [4.78, 5) is 0.262. The van der Waals surface area contributed by atoms with Crippen molar-refractivity contribution in [2.75, 3.05) is 12.8 Å². The third-order valence-corrected chi connectivity index (χ3v) is 6.20. The van der Waals surface area contributed by atoms with Crippen molar-refractivity contribution >= 4 is 21.8 Å². The van der Waals surface area contributed by atoms with Gasteiger partial charge < -0.3 is 5.73 Å². The summed E-state index contributed by atoms with van der Waals surface area (Å²) in [6.07, 6.45) is 5.06. The van der Waals surface area contributed by atoms with Crippen LogP contribution in [0.25, 0.3) is 0 Å². The van der Waals surface area contributed by atoms with E-state index in [1.165, 1.54) is 0 Å². The first-order chi connectivity index (χ1) is 10.1. The molecular weight excluding hydrogens is 304 g/mol. The normalized spacial score (nSPS) is 21.8. The zero-order chi connectivity index (χ0) is 15.3. The Balaban J connectivity index is 2.19. The van der Waals surface area contributed by atoms with Crippen LogP contribution in [-0.2, 0) is 10.0 Å². The highest BCUT2D eigenvalue weighted by molar-refractivity contribution is 7.99. The number of nitrogens with two attached hydrogens (primary N) is 1. The summed E-state index contributed by atoms with van der Waals surface area (Å²) >= 11 is 1.73. The van der Waals surface area contributed by atoms with Gasteiger partial charge in [0.2, 0.25) is 10.0 Å². The second-order valence-electron chi connectivity index (χ2n) is 4.97. The molecule has 0 amide bonds. The highest BCUT2D eigenvalue weighted by Crippen LogP contribution is 2.29. The molecule has 4 nitrogen and oxygen atoms in total. The van der Waals surface area contributed by atoms with Crippen LogP contribution >= 0.6 is 11.8 Å². The highest BCUT2D eigenvalue weighted by Gasteiger charge is 2.30. The van der Waals surface area contributed by atoms with E-state index in [4.69, 9.17) is 5.73 Å². The predicted molar refractivity (Wildman–Crippen MR) is 87.6 cm³/mol. The van der Waals surface area contributed by atoms with Crippen molar-refractivity contribution in [2.24, 2.45) is 5.73 Å². The van der Waals surface area contributed by atoms with Gasteiger partial charge in [-0.15, -0.1) is 0 Å². The molecule has 2 atom stereocenters. The maximum atomic E-state index is 12.5. The first-order valence-electron chi connectivity index (χ1n) is 6.91. The second kappa shape index (κ2) is 7.32. The van der Waals surface area contributed by atoms with Crippen LogP contribution in [0.5, 0.6) is 0 Å². The monoisotopic (exact) mass is 324 g/mol.